The first-order valence-electron chi connectivity index (χ1n) is 8.69. The Morgan fingerprint density at radius 3 is 2.56 bits per heavy atom. The first-order chi connectivity index (χ1) is 13.1. The third-order valence-corrected chi connectivity index (χ3v) is 5.36. The van der Waals surface area contributed by atoms with Gasteiger partial charge in [-0.15, -0.1) is 0 Å². The minimum absolute atomic E-state index is 0.00638. The van der Waals surface area contributed by atoms with Gasteiger partial charge in [0.2, 0.25) is 0 Å². The van der Waals surface area contributed by atoms with E-state index in [1.807, 2.05) is 24.3 Å². The summed E-state index contributed by atoms with van der Waals surface area (Å²) in [5.41, 5.74) is 1.07. The van der Waals surface area contributed by atoms with Crippen molar-refractivity contribution in [2.45, 2.75) is 6.04 Å². The molecule has 0 aliphatic carbocycles. The molecule has 2 heterocycles. The Balaban J connectivity index is 1.55. The molecule has 7 heteroatoms. The third kappa shape index (κ3) is 4.20. The molecule has 1 atom stereocenters. The fraction of sp³-hybridized carbons (Fsp3) is 0.300. The zero-order valence-corrected chi connectivity index (χ0v) is 16.7. The summed E-state index contributed by atoms with van der Waals surface area (Å²) >= 11 is 18.3. The number of morpholine rings is 1. The number of benzene rings is 2. The molecule has 142 valence electrons. The van der Waals surface area contributed by atoms with Gasteiger partial charge in [-0.25, -0.2) is 0 Å². The van der Waals surface area contributed by atoms with E-state index >= 15 is 0 Å². The second kappa shape index (κ2) is 8.29. The molecule has 0 aromatic heterocycles. The topological polar surface area (TPSA) is 30.9 Å². The minimum atomic E-state index is 0.00638. The molecule has 0 radical (unpaired) electrons. The van der Waals surface area contributed by atoms with E-state index in [0.29, 0.717) is 40.6 Å². The fourth-order valence-electron chi connectivity index (χ4n) is 3.33. The van der Waals surface area contributed by atoms with E-state index in [0.717, 1.165) is 30.2 Å². The van der Waals surface area contributed by atoms with Crippen LogP contribution in [0.4, 0.5) is 0 Å². The van der Waals surface area contributed by atoms with Crippen LogP contribution in [0.1, 0.15) is 11.6 Å². The van der Waals surface area contributed by atoms with Crippen LogP contribution in [0, 0.1) is 0 Å². The Bertz CT molecular complexity index is 866. The van der Waals surface area contributed by atoms with Gasteiger partial charge in [0.1, 0.15) is 23.9 Å². The van der Waals surface area contributed by atoms with Gasteiger partial charge in [0.05, 0.1) is 24.3 Å². The van der Waals surface area contributed by atoms with Gasteiger partial charge in [-0.2, -0.15) is 0 Å². The normalized spacial score (nSPS) is 21.1. The van der Waals surface area contributed by atoms with Crippen LogP contribution in [-0.2, 0) is 4.74 Å². The summed E-state index contributed by atoms with van der Waals surface area (Å²) in [6, 6.07) is 10.9. The number of ether oxygens (including phenoxy) is 3. The van der Waals surface area contributed by atoms with Crippen LogP contribution < -0.4 is 9.47 Å². The van der Waals surface area contributed by atoms with Crippen LogP contribution in [0.15, 0.2) is 48.2 Å². The lowest BCUT2D eigenvalue weighted by Crippen LogP contribution is -2.39. The van der Waals surface area contributed by atoms with Gasteiger partial charge in [-0.1, -0.05) is 34.8 Å². The van der Waals surface area contributed by atoms with Crippen molar-refractivity contribution in [1.82, 2.24) is 4.90 Å². The number of nitrogens with zero attached hydrogens (tertiary/aromatic N) is 1. The lowest BCUT2D eigenvalue weighted by Gasteiger charge is -2.32. The second-order valence-corrected chi connectivity index (χ2v) is 7.61. The molecule has 2 aliphatic heterocycles. The van der Waals surface area contributed by atoms with Crippen LogP contribution in [0.5, 0.6) is 11.5 Å². The summed E-state index contributed by atoms with van der Waals surface area (Å²) in [6.45, 7) is 3.41. The van der Waals surface area contributed by atoms with Crippen LogP contribution in [0.3, 0.4) is 0 Å². The molecule has 1 fully saturated rings. The van der Waals surface area contributed by atoms with Crippen LogP contribution in [0.2, 0.25) is 15.1 Å². The monoisotopic (exact) mass is 425 g/mol. The zero-order valence-electron chi connectivity index (χ0n) is 14.5. The quantitative estimate of drug-likeness (QED) is 0.657. The van der Waals surface area contributed by atoms with Crippen molar-refractivity contribution in [1.29, 1.82) is 0 Å². The molecule has 0 N–H and O–H groups in total. The summed E-state index contributed by atoms with van der Waals surface area (Å²) in [5.74, 6) is 2.24. The maximum Gasteiger partial charge on any atom is 0.138 e. The Kier molecular flexibility index (Phi) is 5.81. The summed E-state index contributed by atoms with van der Waals surface area (Å²) in [6.07, 6.45) is 1.94. The average molecular weight is 427 g/mol. The maximum absolute atomic E-state index is 6.22. The SMILES string of the molecule is Clc1ccc(OC/C=C2\Oc3ccc(Cl)cc3[C@H]2N2CCOCC2)c(Cl)c1. The van der Waals surface area contributed by atoms with Crippen molar-refractivity contribution >= 4 is 34.8 Å². The Morgan fingerprint density at radius 2 is 1.78 bits per heavy atom. The molecule has 0 spiro atoms. The molecular formula is C20H18Cl3NO3. The first-order valence-corrected chi connectivity index (χ1v) is 9.82. The van der Waals surface area contributed by atoms with Crippen LogP contribution in [-0.4, -0.2) is 37.8 Å². The number of rotatable bonds is 4. The van der Waals surface area contributed by atoms with Crippen molar-refractivity contribution in [2.75, 3.05) is 32.9 Å². The van der Waals surface area contributed by atoms with E-state index in [1.54, 1.807) is 18.2 Å². The van der Waals surface area contributed by atoms with Crippen molar-refractivity contribution < 1.29 is 14.2 Å². The molecule has 4 nitrogen and oxygen atoms in total. The van der Waals surface area contributed by atoms with Gasteiger partial charge in [0.25, 0.3) is 0 Å². The van der Waals surface area contributed by atoms with E-state index in [1.165, 1.54) is 0 Å². The van der Waals surface area contributed by atoms with Gasteiger partial charge in [-0.3, -0.25) is 4.90 Å². The predicted molar refractivity (Wildman–Crippen MR) is 107 cm³/mol. The molecule has 0 unspecified atom stereocenters. The number of hydrogen-bond acceptors (Lipinski definition) is 4. The summed E-state index contributed by atoms with van der Waals surface area (Å²) < 4.78 is 17.4. The van der Waals surface area contributed by atoms with Crippen molar-refractivity contribution in [3.8, 4) is 11.5 Å². The molecule has 1 saturated heterocycles. The first kappa shape index (κ1) is 18.9. The summed E-state index contributed by atoms with van der Waals surface area (Å²) in [7, 11) is 0. The number of halogens is 3. The number of fused-ring (bicyclic) bond motifs is 1. The Labute approximate surface area is 173 Å². The van der Waals surface area contributed by atoms with Crippen molar-refractivity contribution in [3.05, 3.63) is 68.9 Å². The molecule has 0 saturated carbocycles. The highest BCUT2D eigenvalue weighted by Gasteiger charge is 2.35. The largest absolute Gasteiger partial charge is 0.488 e. The zero-order chi connectivity index (χ0) is 18.8. The summed E-state index contributed by atoms with van der Waals surface area (Å²) in [5, 5.41) is 1.75. The fourth-order valence-corrected chi connectivity index (χ4v) is 3.98. The highest BCUT2D eigenvalue weighted by molar-refractivity contribution is 6.35. The molecule has 0 amide bonds. The van der Waals surface area contributed by atoms with Crippen LogP contribution in [0.25, 0.3) is 0 Å². The van der Waals surface area contributed by atoms with Gasteiger partial charge in [0, 0.05) is 28.7 Å². The van der Waals surface area contributed by atoms with E-state index in [-0.39, 0.29) is 6.04 Å². The predicted octanol–water partition coefficient (Wildman–Crippen LogP) is 5.38. The molecule has 4 rings (SSSR count). The van der Waals surface area contributed by atoms with Crippen molar-refractivity contribution in [2.24, 2.45) is 0 Å². The average Bonchev–Trinajstić information content (AvgIpc) is 3.01. The van der Waals surface area contributed by atoms with Gasteiger partial charge < -0.3 is 14.2 Å². The Morgan fingerprint density at radius 1 is 1.04 bits per heavy atom. The Hall–Kier alpha value is -1.43. The highest BCUT2D eigenvalue weighted by atomic mass is 35.5. The summed E-state index contributed by atoms with van der Waals surface area (Å²) in [4.78, 5) is 2.34. The molecule has 2 aliphatic rings. The van der Waals surface area contributed by atoms with Gasteiger partial charge >= 0.3 is 0 Å². The lowest BCUT2D eigenvalue weighted by atomic mass is 10.0. The van der Waals surface area contributed by atoms with Crippen molar-refractivity contribution in [3.63, 3.8) is 0 Å². The van der Waals surface area contributed by atoms with E-state index in [4.69, 9.17) is 49.0 Å². The molecule has 2 aromatic carbocycles. The van der Waals surface area contributed by atoms with E-state index in [9.17, 15) is 0 Å². The standard InChI is InChI=1S/C20H18Cl3NO3/c21-13-1-3-17-15(11-13)20(24-6-9-25-10-7-24)19(27-17)5-8-26-18-4-2-14(22)12-16(18)23/h1-5,11-12,20H,6-10H2/b19-5-/t20-/m1/s1. The third-order valence-electron chi connectivity index (χ3n) is 4.59. The molecule has 27 heavy (non-hydrogen) atoms. The maximum atomic E-state index is 6.22. The number of hydrogen-bond donors (Lipinski definition) is 0. The van der Waals surface area contributed by atoms with Gasteiger partial charge in [0.15, 0.2) is 0 Å². The van der Waals surface area contributed by atoms with Gasteiger partial charge in [-0.05, 0) is 42.5 Å². The smallest absolute Gasteiger partial charge is 0.138 e. The minimum Gasteiger partial charge on any atom is -0.488 e. The molecular weight excluding hydrogens is 409 g/mol. The van der Waals surface area contributed by atoms with Crippen LogP contribution >= 0.6 is 34.8 Å². The van der Waals surface area contributed by atoms with E-state index < -0.39 is 0 Å². The second-order valence-electron chi connectivity index (χ2n) is 6.33. The van der Waals surface area contributed by atoms with E-state index in [2.05, 4.69) is 4.90 Å². The molecule has 2 aromatic rings. The highest BCUT2D eigenvalue weighted by Crippen LogP contribution is 2.44. The molecule has 0 bridgehead atoms. The lowest BCUT2D eigenvalue weighted by molar-refractivity contribution is 0.0206.